The van der Waals surface area contributed by atoms with Crippen molar-refractivity contribution in [1.82, 2.24) is 9.97 Å². The van der Waals surface area contributed by atoms with Gasteiger partial charge in [-0.2, -0.15) is 10.1 Å². The van der Waals surface area contributed by atoms with E-state index in [1.807, 2.05) is 51.1 Å². The van der Waals surface area contributed by atoms with Crippen LogP contribution in [0.5, 0.6) is 0 Å². The SMILES string of the molecule is CC1=NN(c2nc(C)cc(C)n2)C(=O)[C@@H]1Cc1ccc(Br)cc1. The molecular weight excluding hydrogens is 356 g/mol. The Morgan fingerprint density at radius 2 is 1.70 bits per heavy atom. The number of hydrogen-bond donors (Lipinski definition) is 0. The van der Waals surface area contributed by atoms with Gasteiger partial charge in [0.2, 0.25) is 0 Å². The highest BCUT2D eigenvalue weighted by Crippen LogP contribution is 2.24. The molecule has 0 radical (unpaired) electrons. The van der Waals surface area contributed by atoms with Crippen LogP contribution < -0.4 is 5.01 Å². The summed E-state index contributed by atoms with van der Waals surface area (Å²) in [6, 6.07) is 9.86. The smallest absolute Gasteiger partial charge is 0.259 e. The van der Waals surface area contributed by atoms with E-state index in [4.69, 9.17) is 0 Å². The van der Waals surface area contributed by atoms with E-state index < -0.39 is 0 Å². The van der Waals surface area contributed by atoms with Crippen molar-refractivity contribution in [2.45, 2.75) is 27.2 Å². The first-order valence-electron chi connectivity index (χ1n) is 7.40. The van der Waals surface area contributed by atoms with Gasteiger partial charge in [0.15, 0.2) is 0 Å². The minimum absolute atomic E-state index is 0.0737. The van der Waals surface area contributed by atoms with Gasteiger partial charge < -0.3 is 0 Å². The monoisotopic (exact) mass is 372 g/mol. The lowest BCUT2D eigenvalue weighted by molar-refractivity contribution is -0.119. The second-order valence-corrected chi connectivity index (χ2v) is 6.64. The number of hydrogen-bond acceptors (Lipinski definition) is 4. The Kier molecular flexibility index (Phi) is 4.26. The molecule has 1 aliphatic heterocycles. The maximum Gasteiger partial charge on any atom is 0.259 e. The minimum atomic E-state index is -0.263. The molecule has 2 heterocycles. The van der Waals surface area contributed by atoms with Gasteiger partial charge in [-0.05, 0) is 51.0 Å². The lowest BCUT2D eigenvalue weighted by Crippen LogP contribution is -2.29. The van der Waals surface area contributed by atoms with Crippen LogP contribution in [-0.2, 0) is 11.2 Å². The number of aryl methyl sites for hydroxylation is 2. The van der Waals surface area contributed by atoms with E-state index in [9.17, 15) is 4.79 Å². The van der Waals surface area contributed by atoms with Crippen molar-refractivity contribution in [2.24, 2.45) is 11.0 Å². The highest BCUT2D eigenvalue weighted by molar-refractivity contribution is 9.10. The Labute approximate surface area is 143 Å². The maximum absolute atomic E-state index is 12.7. The van der Waals surface area contributed by atoms with Gasteiger partial charge in [-0.1, -0.05) is 28.1 Å². The Morgan fingerprint density at radius 3 is 2.30 bits per heavy atom. The van der Waals surface area contributed by atoms with E-state index in [1.165, 1.54) is 5.01 Å². The molecular formula is C17H17BrN4O. The molecule has 1 aliphatic rings. The van der Waals surface area contributed by atoms with Crippen molar-refractivity contribution < 1.29 is 4.79 Å². The number of rotatable bonds is 3. The van der Waals surface area contributed by atoms with E-state index in [0.717, 1.165) is 27.1 Å². The normalized spacial score (nSPS) is 17.6. The number of carbonyl (C=O) groups excluding carboxylic acids is 1. The van der Waals surface area contributed by atoms with Gasteiger partial charge in [0.25, 0.3) is 11.9 Å². The third-order valence-electron chi connectivity index (χ3n) is 3.78. The largest absolute Gasteiger partial charge is 0.272 e. The summed E-state index contributed by atoms with van der Waals surface area (Å²) >= 11 is 3.42. The molecule has 23 heavy (non-hydrogen) atoms. The average molecular weight is 373 g/mol. The van der Waals surface area contributed by atoms with Gasteiger partial charge in [0.05, 0.1) is 5.92 Å². The lowest BCUT2D eigenvalue weighted by atomic mass is 9.95. The summed E-state index contributed by atoms with van der Waals surface area (Å²) < 4.78 is 1.02. The van der Waals surface area contributed by atoms with Crippen LogP contribution in [0.15, 0.2) is 39.9 Å². The second-order valence-electron chi connectivity index (χ2n) is 5.73. The molecule has 0 spiro atoms. The fourth-order valence-electron chi connectivity index (χ4n) is 2.64. The number of hydrazone groups is 1. The molecule has 0 bridgehead atoms. The first kappa shape index (κ1) is 15.8. The maximum atomic E-state index is 12.7. The van der Waals surface area contributed by atoms with Gasteiger partial charge in [0, 0.05) is 21.6 Å². The van der Waals surface area contributed by atoms with Crippen molar-refractivity contribution in [1.29, 1.82) is 0 Å². The van der Waals surface area contributed by atoms with Gasteiger partial charge in [-0.3, -0.25) is 4.79 Å². The molecule has 1 amide bonds. The van der Waals surface area contributed by atoms with Crippen molar-refractivity contribution >= 4 is 33.5 Å². The molecule has 1 atom stereocenters. The number of nitrogens with zero attached hydrogens (tertiary/aromatic N) is 4. The van der Waals surface area contributed by atoms with Crippen molar-refractivity contribution in [3.05, 3.63) is 51.8 Å². The van der Waals surface area contributed by atoms with Gasteiger partial charge in [0.1, 0.15) is 0 Å². The van der Waals surface area contributed by atoms with Crippen molar-refractivity contribution in [3.8, 4) is 0 Å². The highest BCUT2D eigenvalue weighted by atomic mass is 79.9. The summed E-state index contributed by atoms with van der Waals surface area (Å²) in [4.78, 5) is 21.4. The van der Waals surface area contributed by atoms with Crippen molar-refractivity contribution in [3.63, 3.8) is 0 Å². The Hall–Kier alpha value is -2.08. The third kappa shape index (κ3) is 3.32. The topological polar surface area (TPSA) is 58.5 Å². The number of halogens is 1. The molecule has 5 nitrogen and oxygen atoms in total. The standard InChI is InChI=1S/C17H17BrN4O/c1-10-8-11(2)20-17(19-10)22-16(23)15(12(3)21-22)9-13-4-6-14(18)7-5-13/h4-8,15H,9H2,1-3H3/t15-/m1/s1. The molecule has 0 saturated heterocycles. The lowest BCUT2D eigenvalue weighted by Gasteiger charge is -2.13. The second kappa shape index (κ2) is 6.20. The number of carbonyl (C=O) groups is 1. The van der Waals surface area contributed by atoms with Crippen LogP contribution in [0.3, 0.4) is 0 Å². The molecule has 0 fully saturated rings. The molecule has 0 unspecified atom stereocenters. The summed E-state index contributed by atoms with van der Waals surface area (Å²) in [5.41, 5.74) is 3.54. The summed E-state index contributed by atoms with van der Waals surface area (Å²) in [5.74, 6) is 0.0150. The predicted molar refractivity (Wildman–Crippen MR) is 93.4 cm³/mol. The Morgan fingerprint density at radius 1 is 1.09 bits per heavy atom. The Balaban J connectivity index is 1.84. The van der Waals surface area contributed by atoms with Gasteiger partial charge in [-0.25, -0.2) is 9.97 Å². The summed E-state index contributed by atoms with van der Waals surface area (Å²) in [6.45, 7) is 5.65. The predicted octanol–water partition coefficient (Wildman–Crippen LogP) is 3.44. The van der Waals surface area contributed by atoms with Crippen LogP contribution in [0.2, 0.25) is 0 Å². The van der Waals surface area contributed by atoms with Gasteiger partial charge >= 0.3 is 0 Å². The molecule has 0 saturated carbocycles. The Bertz CT molecular complexity index is 765. The molecule has 2 aromatic rings. The van der Waals surface area contributed by atoms with E-state index >= 15 is 0 Å². The third-order valence-corrected chi connectivity index (χ3v) is 4.31. The van der Waals surface area contributed by atoms with E-state index in [1.54, 1.807) is 0 Å². The summed E-state index contributed by atoms with van der Waals surface area (Å²) in [5, 5.41) is 5.72. The average Bonchev–Trinajstić information content (AvgIpc) is 2.76. The first-order valence-corrected chi connectivity index (χ1v) is 8.19. The molecule has 1 aromatic carbocycles. The zero-order chi connectivity index (χ0) is 16.6. The molecule has 118 valence electrons. The zero-order valence-corrected chi connectivity index (χ0v) is 14.8. The summed E-state index contributed by atoms with van der Waals surface area (Å²) in [6.07, 6.45) is 0.628. The number of anilines is 1. The van der Waals surface area contributed by atoms with Crippen LogP contribution in [0.4, 0.5) is 5.95 Å². The molecule has 6 heteroatoms. The van der Waals surface area contributed by atoms with Crippen LogP contribution in [0.1, 0.15) is 23.9 Å². The van der Waals surface area contributed by atoms with Crippen LogP contribution in [0, 0.1) is 19.8 Å². The van der Waals surface area contributed by atoms with Crippen molar-refractivity contribution in [2.75, 3.05) is 5.01 Å². The van der Waals surface area contributed by atoms with E-state index in [2.05, 4.69) is 31.0 Å². The fourth-order valence-corrected chi connectivity index (χ4v) is 2.90. The summed E-state index contributed by atoms with van der Waals surface area (Å²) in [7, 11) is 0. The first-order chi connectivity index (χ1) is 10.9. The number of aromatic nitrogens is 2. The van der Waals surface area contributed by atoms with Crippen LogP contribution >= 0.6 is 15.9 Å². The number of amides is 1. The minimum Gasteiger partial charge on any atom is -0.272 e. The van der Waals surface area contributed by atoms with Gasteiger partial charge in [-0.15, -0.1) is 0 Å². The fraction of sp³-hybridized carbons (Fsp3) is 0.294. The highest BCUT2D eigenvalue weighted by Gasteiger charge is 2.35. The van der Waals surface area contributed by atoms with Crippen LogP contribution in [0.25, 0.3) is 0 Å². The molecule has 1 aromatic heterocycles. The molecule has 0 aliphatic carbocycles. The van der Waals surface area contributed by atoms with E-state index in [0.29, 0.717) is 12.4 Å². The van der Waals surface area contributed by atoms with E-state index in [-0.39, 0.29) is 11.8 Å². The molecule has 0 N–H and O–H groups in total. The molecule has 3 rings (SSSR count). The van der Waals surface area contributed by atoms with Crippen LogP contribution in [-0.4, -0.2) is 21.6 Å². The zero-order valence-electron chi connectivity index (χ0n) is 13.2. The quantitative estimate of drug-likeness (QED) is 0.828. The number of benzene rings is 1.